The SMILES string of the molecule is C=C(OC)c1cc(C)c([N+](=O)[O-])cc1C. The molecule has 80 valence electrons. The summed E-state index contributed by atoms with van der Waals surface area (Å²) in [6.07, 6.45) is 0. The molecule has 4 heteroatoms. The molecule has 0 bridgehead atoms. The van der Waals surface area contributed by atoms with E-state index >= 15 is 0 Å². The van der Waals surface area contributed by atoms with E-state index in [-0.39, 0.29) is 10.6 Å². The van der Waals surface area contributed by atoms with Crippen LogP contribution in [-0.4, -0.2) is 12.0 Å². The minimum Gasteiger partial charge on any atom is -0.497 e. The molecule has 0 amide bonds. The van der Waals surface area contributed by atoms with E-state index in [2.05, 4.69) is 6.58 Å². The molecule has 0 N–H and O–H groups in total. The van der Waals surface area contributed by atoms with Crippen molar-refractivity contribution in [3.8, 4) is 0 Å². The van der Waals surface area contributed by atoms with E-state index < -0.39 is 0 Å². The third-order valence-electron chi connectivity index (χ3n) is 2.29. The summed E-state index contributed by atoms with van der Waals surface area (Å²) in [6, 6.07) is 3.26. The normalized spacial score (nSPS) is 9.80. The fraction of sp³-hybridized carbons (Fsp3) is 0.273. The van der Waals surface area contributed by atoms with Crippen molar-refractivity contribution >= 4 is 11.4 Å². The second-order valence-corrected chi connectivity index (χ2v) is 3.34. The number of aryl methyl sites for hydroxylation is 2. The lowest BCUT2D eigenvalue weighted by atomic mass is 10.0. The van der Waals surface area contributed by atoms with E-state index in [4.69, 9.17) is 4.74 Å². The molecule has 1 aromatic rings. The van der Waals surface area contributed by atoms with Crippen LogP contribution in [0, 0.1) is 24.0 Å². The number of hydrogen-bond acceptors (Lipinski definition) is 3. The van der Waals surface area contributed by atoms with E-state index in [1.54, 1.807) is 19.9 Å². The van der Waals surface area contributed by atoms with E-state index in [1.165, 1.54) is 13.2 Å². The van der Waals surface area contributed by atoms with Crippen molar-refractivity contribution in [1.29, 1.82) is 0 Å². The van der Waals surface area contributed by atoms with E-state index in [1.807, 2.05) is 0 Å². The summed E-state index contributed by atoms with van der Waals surface area (Å²) in [7, 11) is 1.53. The summed E-state index contributed by atoms with van der Waals surface area (Å²) >= 11 is 0. The van der Waals surface area contributed by atoms with Gasteiger partial charge in [0, 0.05) is 17.2 Å². The van der Waals surface area contributed by atoms with E-state index in [0.717, 1.165) is 11.1 Å². The summed E-state index contributed by atoms with van der Waals surface area (Å²) in [6.45, 7) is 7.22. The maximum atomic E-state index is 10.7. The van der Waals surface area contributed by atoms with Crippen LogP contribution in [0.25, 0.3) is 5.76 Å². The van der Waals surface area contributed by atoms with Gasteiger partial charge < -0.3 is 4.74 Å². The zero-order valence-corrected chi connectivity index (χ0v) is 9.03. The zero-order valence-electron chi connectivity index (χ0n) is 9.03. The zero-order chi connectivity index (χ0) is 11.6. The molecule has 0 fully saturated rings. The number of nitrogens with zero attached hydrogens (tertiary/aromatic N) is 1. The van der Waals surface area contributed by atoms with Crippen molar-refractivity contribution in [2.24, 2.45) is 0 Å². The molecule has 1 aromatic carbocycles. The molecule has 0 radical (unpaired) electrons. The fourth-order valence-corrected chi connectivity index (χ4v) is 1.41. The average molecular weight is 207 g/mol. The molecule has 0 spiro atoms. The van der Waals surface area contributed by atoms with Gasteiger partial charge in [-0.1, -0.05) is 6.58 Å². The minimum atomic E-state index is -0.387. The molecule has 0 aliphatic heterocycles. The predicted molar refractivity (Wildman–Crippen MR) is 58.6 cm³/mol. The van der Waals surface area contributed by atoms with Crippen molar-refractivity contribution in [3.63, 3.8) is 0 Å². The van der Waals surface area contributed by atoms with Crippen LogP contribution in [0.4, 0.5) is 5.69 Å². The van der Waals surface area contributed by atoms with Gasteiger partial charge in [0.2, 0.25) is 0 Å². The van der Waals surface area contributed by atoms with Crippen LogP contribution in [0.1, 0.15) is 16.7 Å². The minimum absolute atomic E-state index is 0.125. The van der Waals surface area contributed by atoms with Crippen LogP contribution in [0.3, 0.4) is 0 Å². The van der Waals surface area contributed by atoms with Crippen LogP contribution in [-0.2, 0) is 4.74 Å². The van der Waals surface area contributed by atoms with Crippen molar-refractivity contribution in [2.75, 3.05) is 7.11 Å². The largest absolute Gasteiger partial charge is 0.497 e. The Kier molecular flexibility index (Phi) is 3.09. The Hall–Kier alpha value is -1.84. The lowest BCUT2D eigenvalue weighted by Crippen LogP contribution is -1.97. The quantitative estimate of drug-likeness (QED) is 0.435. The summed E-state index contributed by atoms with van der Waals surface area (Å²) < 4.78 is 5.01. The number of nitro groups is 1. The molecule has 0 unspecified atom stereocenters. The van der Waals surface area contributed by atoms with Gasteiger partial charge in [-0.3, -0.25) is 10.1 Å². The number of ether oxygens (including phenoxy) is 1. The first-order valence-electron chi connectivity index (χ1n) is 4.46. The van der Waals surface area contributed by atoms with Crippen LogP contribution >= 0.6 is 0 Å². The summed E-state index contributed by atoms with van der Waals surface area (Å²) in [4.78, 5) is 10.3. The molecular weight excluding hydrogens is 194 g/mol. The molecule has 0 atom stereocenters. The summed E-state index contributed by atoms with van der Waals surface area (Å²) in [5.41, 5.74) is 2.33. The van der Waals surface area contributed by atoms with E-state index in [0.29, 0.717) is 11.3 Å². The van der Waals surface area contributed by atoms with Gasteiger partial charge in [0.25, 0.3) is 5.69 Å². The number of nitro benzene ring substituents is 1. The van der Waals surface area contributed by atoms with Crippen molar-refractivity contribution in [3.05, 3.63) is 45.5 Å². The third kappa shape index (κ3) is 2.15. The first-order valence-corrected chi connectivity index (χ1v) is 4.46. The first kappa shape index (κ1) is 11.2. The molecule has 0 saturated heterocycles. The Morgan fingerprint density at radius 2 is 2.00 bits per heavy atom. The molecule has 0 saturated carbocycles. The molecular formula is C11H13NO3. The number of methoxy groups -OCH3 is 1. The highest BCUT2D eigenvalue weighted by molar-refractivity contribution is 5.64. The molecule has 4 nitrogen and oxygen atoms in total. The second kappa shape index (κ2) is 4.13. The Balaban J connectivity index is 3.31. The highest BCUT2D eigenvalue weighted by Crippen LogP contribution is 2.26. The van der Waals surface area contributed by atoms with Gasteiger partial charge in [-0.25, -0.2) is 0 Å². The number of benzene rings is 1. The van der Waals surface area contributed by atoms with Gasteiger partial charge in [0.05, 0.1) is 12.0 Å². The van der Waals surface area contributed by atoms with Gasteiger partial charge in [-0.2, -0.15) is 0 Å². The Bertz CT molecular complexity index is 424. The highest BCUT2D eigenvalue weighted by atomic mass is 16.6. The fourth-order valence-electron chi connectivity index (χ4n) is 1.41. The van der Waals surface area contributed by atoms with Gasteiger partial charge in [0.1, 0.15) is 5.76 Å². The molecule has 0 heterocycles. The molecule has 15 heavy (non-hydrogen) atoms. The number of rotatable bonds is 3. The Labute approximate surface area is 88.3 Å². The lowest BCUT2D eigenvalue weighted by Gasteiger charge is -2.09. The summed E-state index contributed by atoms with van der Waals surface area (Å²) in [5.74, 6) is 0.519. The second-order valence-electron chi connectivity index (χ2n) is 3.34. The lowest BCUT2D eigenvalue weighted by molar-refractivity contribution is -0.385. The maximum absolute atomic E-state index is 10.7. The molecule has 1 rings (SSSR count). The van der Waals surface area contributed by atoms with Crippen LogP contribution < -0.4 is 0 Å². The van der Waals surface area contributed by atoms with E-state index in [9.17, 15) is 10.1 Å². The Morgan fingerprint density at radius 1 is 1.40 bits per heavy atom. The predicted octanol–water partition coefficient (Wildman–Crippen LogP) is 2.83. The standard InChI is InChI=1S/C11H13NO3/c1-7-6-11(12(13)14)8(2)5-10(7)9(3)15-4/h5-6H,3H2,1-2,4H3. The van der Waals surface area contributed by atoms with Crippen LogP contribution in [0.2, 0.25) is 0 Å². The monoisotopic (exact) mass is 207 g/mol. The van der Waals surface area contributed by atoms with Crippen molar-refractivity contribution < 1.29 is 9.66 Å². The van der Waals surface area contributed by atoms with Gasteiger partial charge >= 0.3 is 0 Å². The Morgan fingerprint density at radius 3 is 2.47 bits per heavy atom. The smallest absolute Gasteiger partial charge is 0.272 e. The average Bonchev–Trinajstić information content (AvgIpc) is 2.19. The maximum Gasteiger partial charge on any atom is 0.272 e. The van der Waals surface area contributed by atoms with Crippen LogP contribution in [0.5, 0.6) is 0 Å². The highest BCUT2D eigenvalue weighted by Gasteiger charge is 2.14. The summed E-state index contributed by atoms with van der Waals surface area (Å²) in [5, 5.41) is 10.7. The van der Waals surface area contributed by atoms with Crippen LogP contribution in [0.15, 0.2) is 18.7 Å². The van der Waals surface area contributed by atoms with Gasteiger partial charge in [0.15, 0.2) is 0 Å². The third-order valence-corrected chi connectivity index (χ3v) is 2.29. The first-order chi connectivity index (χ1) is 6.97. The molecule has 0 aliphatic carbocycles. The molecule has 0 aliphatic rings. The van der Waals surface area contributed by atoms with Crippen molar-refractivity contribution in [2.45, 2.75) is 13.8 Å². The van der Waals surface area contributed by atoms with Gasteiger partial charge in [-0.05, 0) is 25.5 Å². The van der Waals surface area contributed by atoms with Gasteiger partial charge in [-0.15, -0.1) is 0 Å². The van der Waals surface area contributed by atoms with Crippen molar-refractivity contribution in [1.82, 2.24) is 0 Å². The topological polar surface area (TPSA) is 52.4 Å². The number of hydrogen-bond donors (Lipinski definition) is 0. The molecule has 0 aromatic heterocycles.